The van der Waals surface area contributed by atoms with Gasteiger partial charge < -0.3 is 43.4 Å². The number of rotatable bonds is 8. The van der Waals surface area contributed by atoms with E-state index in [-0.39, 0.29) is 25.8 Å². The van der Waals surface area contributed by atoms with Gasteiger partial charge in [0.25, 0.3) is 0 Å². The van der Waals surface area contributed by atoms with Crippen LogP contribution in [-0.2, 0) is 47.5 Å². The van der Waals surface area contributed by atoms with Gasteiger partial charge in [-0.2, -0.15) is 0 Å². The lowest BCUT2D eigenvalue weighted by molar-refractivity contribution is -0.191. The van der Waals surface area contributed by atoms with E-state index in [4.69, 9.17) is 33.9 Å². The highest BCUT2D eigenvalue weighted by molar-refractivity contribution is 5.86. The minimum absolute atomic E-state index is 0.0547. The van der Waals surface area contributed by atoms with Crippen LogP contribution in [-0.4, -0.2) is 98.7 Å². The van der Waals surface area contributed by atoms with E-state index in [1.165, 1.54) is 27.2 Å². The predicted octanol–water partition coefficient (Wildman–Crippen LogP) is 0.839. The van der Waals surface area contributed by atoms with Crippen LogP contribution >= 0.6 is 0 Å². The van der Waals surface area contributed by atoms with Crippen LogP contribution in [0, 0.1) is 0 Å². The molecule has 3 aliphatic rings. The molecular weight excluding hydrogens is 468 g/mol. The van der Waals surface area contributed by atoms with E-state index in [9.17, 15) is 14.4 Å². The van der Waals surface area contributed by atoms with Crippen molar-refractivity contribution in [1.29, 1.82) is 0 Å². The molecule has 0 aromatic heterocycles. The van der Waals surface area contributed by atoms with Crippen LogP contribution in [0.5, 0.6) is 0 Å². The molecule has 0 bridgehead atoms. The summed E-state index contributed by atoms with van der Waals surface area (Å²) in [5, 5.41) is 17.2. The number of cyclic esters (lactones) is 2. The molecule has 12 nitrogen and oxygen atoms in total. The quantitative estimate of drug-likeness (QED) is 0.271. The van der Waals surface area contributed by atoms with Crippen LogP contribution in [0.2, 0.25) is 0 Å². The van der Waals surface area contributed by atoms with Crippen molar-refractivity contribution in [2.45, 2.75) is 90.2 Å². The number of hydrogen-bond acceptors (Lipinski definition) is 12. The summed E-state index contributed by atoms with van der Waals surface area (Å²) >= 11 is 0. The Morgan fingerprint density at radius 2 is 1.37 bits per heavy atom. The van der Waals surface area contributed by atoms with Gasteiger partial charge in [0.15, 0.2) is 24.8 Å². The molecule has 0 aliphatic carbocycles. The average Bonchev–Trinajstić information content (AvgIpc) is 2.86. The highest BCUT2D eigenvalue weighted by Crippen LogP contribution is 2.14. The van der Waals surface area contributed by atoms with E-state index >= 15 is 0 Å². The zero-order valence-electron chi connectivity index (χ0n) is 20.8. The molecule has 3 rings (SSSR count). The molecule has 0 spiro atoms. The molecule has 3 saturated heterocycles. The van der Waals surface area contributed by atoms with Crippen molar-refractivity contribution in [3.8, 4) is 0 Å². The second-order valence-corrected chi connectivity index (χ2v) is 8.06. The normalized spacial score (nSPS) is 27.1. The molecule has 0 radical (unpaired) electrons. The van der Waals surface area contributed by atoms with Crippen molar-refractivity contribution >= 4 is 17.9 Å². The van der Waals surface area contributed by atoms with E-state index in [1.54, 1.807) is 0 Å². The summed E-state index contributed by atoms with van der Waals surface area (Å²) in [6, 6.07) is 0. The van der Waals surface area contributed by atoms with E-state index < -0.39 is 36.2 Å². The second kappa shape index (κ2) is 18.4. The number of carbonyl (C=O) groups excluding carboxylic acids is 3. The standard InChI is InChI=1S/C10H18O5.C7H14O3.C6H8O4/c1-8(11)10(12)15-7-6-14-9-4-2-3-5-13-9;8-4-6-10-7-3-1-2-5-9-7;1-3-5(7)10-4(2)6(8)9-3/h8-9,11H,2-7H2,1H3;7-8H,1-6H2;3-4H,1-2H3. The maximum atomic E-state index is 10.8. The summed E-state index contributed by atoms with van der Waals surface area (Å²) in [6.45, 7) is 6.80. The Morgan fingerprint density at radius 1 is 0.886 bits per heavy atom. The van der Waals surface area contributed by atoms with Gasteiger partial charge in [0, 0.05) is 13.2 Å². The third kappa shape index (κ3) is 14.4. The van der Waals surface area contributed by atoms with Crippen LogP contribution in [0.15, 0.2) is 0 Å². The van der Waals surface area contributed by atoms with Crippen molar-refractivity contribution in [2.24, 2.45) is 0 Å². The van der Waals surface area contributed by atoms with Gasteiger partial charge in [-0.1, -0.05) is 0 Å². The maximum Gasteiger partial charge on any atom is 0.347 e. The molecule has 12 heteroatoms. The van der Waals surface area contributed by atoms with Gasteiger partial charge in [-0.3, -0.25) is 0 Å². The fourth-order valence-electron chi connectivity index (χ4n) is 2.95. The van der Waals surface area contributed by atoms with Gasteiger partial charge in [0.05, 0.1) is 19.8 Å². The molecule has 3 aliphatic heterocycles. The minimum atomic E-state index is -1.07. The van der Waals surface area contributed by atoms with E-state index in [0.717, 1.165) is 45.3 Å². The lowest BCUT2D eigenvalue weighted by Crippen LogP contribution is -2.40. The fourth-order valence-corrected chi connectivity index (χ4v) is 2.95. The lowest BCUT2D eigenvalue weighted by atomic mass is 10.2. The molecule has 35 heavy (non-hydrogen) atoms. The highest BCUT2D eigenvalue weighted by atomic mass is 16.7. The molecule has 0 aromatic rings. The smallest absolute Gasteiger partial charge is 0.347 e. The SMILES string of the molecule is CC(O)C(=O)OCCOC1CCCCO1.CC1OC(=O)C(C)OC1=O.OCCOC1CCCCO1. The van der Waals surface area contributed by atoms with Crippen molar-refractivity contribution in [1.82, 2.24) is 0 Å². The average molecular weight is 509 g/mol. The molecule has 0 amide bonds. The molecular formula is C23H40O12. The minimum Gasteiger partial charge on any atom is -0.461 e. The fraction of sp³-hybridized carbons (Fsp3) is 0.870. The maximum absolute atomic E-state index is 10.8. The summed E-state index contributed by atoms with van der Waals surface area (Å²) < 4.78 is 35.0. The third-order valence-electron chi connectivity index (χ3n) is 4.89. The van der Waals surface area contributed by atoms with Gasteiger partial charge in [-0.15, -0.1) is 0 Å². The van der Waals surface area contributed by atoms with Crippen LogP contribution in [0.3, 0.4) is 0 Å². The molecule has 5 unspecified atom stereocenters. The van der Waals surface area contributed by atoms with Crippen molar-refractivity contribution in [3.63, 3.8) is 0 Å². The first-order valence-corrected chi connectivity index (χ1v) is 12.1. The molecule has 2 N–H and O–H groups in total. The van der Waals surface area contributed by atoms with E-state index in [0.29, 0.717) is 13.2 Å². The molecule has 3 fully saturated rings. The van der Waals surface area contributed by atoms with Crippen LogP contribution in [0.25, 0.3) is 0 Å². The van der Waals surface area contributed by atoms with Gasteiger partial charge in [0.1, 0.15) is 12.7 Å². The Hall–Kier alpha value is -1.83. The van der Waals surface area contributed by atoms with Gasteiger partial charge in [-0.25, -0.2) is 14.4 Å². The van der Waals surface area contributed by atoms with Crippen molar-refractivity contribution in [3.05, 3.63) is 0 Å². The number of ether oxygens (including phenoxy) is 7. The van der Waals surface area contributed by atoms with Crippen molar-refractivity contribution in [2.75, 3.05) is 39.6 Å². The molecule has 5 atom stereocenters. The van der Waals surface area contributed by atoms with Crippen LogP contribution < -0.4 is 0 Å². The Bertz CT molecular complexity index is 579. The first-order chi connectivity index (χ1) is 16.7. The Kier molecular flexibility index (Phi) is 16.4. The van der Waals surface area contributed by atoms with E-state index in [2.05, 4.69) is 9.47 Å². The summed E-state index contributed by atoms with van der Waals surface area (Å²) in [5.74, 6) is -1.58. The Labute approximate surface area is 206 Å². The van der Waals surface area contributed by atoms with Crippen LogP contribution in [0.4, 0.5) is 0 Å². The van der Waals surface area contributed by atoms with Crippen LogP contribution in [0.1, 0.15) is 59.3 Å². The third-order valence-corrected chi connectivity index (χ3v) is 4.89. The molecule has 204 valence electrons. The molecule has 0 saturated carbocycles. The van der Waals surface area contributed by atoms with E-state index in [1.807, 2.05) is 0 Å². The van der Waals surface area contributed by atoms with Gasteiger partial charge in [-0.05, 0) is 59.3 Å². The number of aliphatic hydroxyl groups excluding tert-OH is 2. The summed E-state index contributed by atoms with van der Waals surface area (Å²) in [7, 11) is 0. The Morgan fingerprint density at radius 3 is 1.77 bits per heavy atom. The summed E-state index contributed by atoms with van der Waals surface area (Å²) in [5.41, 5.74) is 0. The monoisotopic (exact) mass is 508 g/mol. The second-order valence-electron chi connectivity index (χ2n) is 8.06. The highest BCUT2D eigenvalue weighted by Gasteiger charge is 2.32. The predicted molar refractivity (Wildman–Crippen MR) is 120 cm³/mol. The lowest BCUT2D eigenvalue weighted by Gasteiger charge is -2.22. The zero-order valence-corrected chi connectivity index (χ0v) is 20.8. The van der Waals surface area contributed by atoms with Gasteiger partial charge >= 0.3 is 17.9 Å². The number of hydrogen-bond donors (Lipinski definition) is 2. The van der Waals surface area contributed by atoms with Crippen molar-refractivity contribution < 1.29 is 57.8 Å². The Balaban J connectivity index is 0.000000271. The topological polar surface area (TPSA) is 156 Å². The zero-order chi connectivity index (χ0) is 26.1. The number of esters is 3. The largest absolute Gasteiger partial charge is 0.461 e. The molecule has 0 aromatic carbocycles. The summed E-state index contributed by atoms with van der Waals surface area (Å²) in [6.07, 6.45) is 3.59. The first-order valence-electron chi connectivity index (χ1n) is 12.1. The number of aliphatic hydroxyl groups is 2. The molecule has 3 heterocycles. The first kappa shape index (κ1) is 31.2. The summed E-state index contributed by atoms with van der Waals surface area (Å²) in [4.78, 5) is 32.1. The van der Waals surface area contributed by atoms with Gasteiger partial charge in [0.2, 0.25) is 0 Å². The number of carbonyl (C=O) groups is 3.